The second-order valence-corrected chi connectivity index (χ2v) is 11.3. The number of amides is 3. The molecule has 0 aliphatic carbocycles. The molecule has 1 saturated heterocycles. The van der Waals surface area contributed by atoms with E-state index in [2.05, 4.69) is 49.1 Å². The number of fused-ring (bicyclic) bond motifs is 1. The number of rotatable bonds is 11. The first kappa shape index (κ1) is 35.0. The fraction of sp³-hybridized carbons (Fsp3) is 0.618. The smallest absolute Gasteiger partial charge is 0.409 e. The predicted molar refractivity (Wildman–Crippen MR) is 173 cm³/mol. The zero-order valence-electron chi connectivity index (χ0n) is 27.0. The van der Waals surface area contributed by atoms with Crippen molar-refractivity contribution in [3.8, 4) is 0 Å². The molecule has 2 aromatic rings. The van der Waals surface area contributed by atoms with Crippen LogP contribution in [0.2, 0.25) is 0 Å². The molecule has 1 aliphatic heterocycles. The quantitative estimate of drug-likeness (QED) is 0.215. The van der Waals surface area contributed by atoms with Gasteiger partial charge in [0, 0.05) is 58.9 Å². The van der Waals surface area contributed by atoms with E-state index in [9.17, 15) is 14.4 Å². The van der Waals surface area contributed by atoms with Crippen molar-refractivity contribution in [3.63, 3.8) is 0 Å². The molecular weight excluding hydrogens is 560 g/mol. The third-order valence-corrected chi connectivity index (χ3v) is 7.82. The van der Waals surface area contributed by atoms with Crippen molar-refractivity contribution in [2.45, 2.75) is 65.8 Å². The van der Waals surface area contributed by atoms with Crippen molar-refractivity contribution < 1.29 is 28.6 Å². The van der Waals surface area contributed by atoms with Gasteiger partial charge in [-0.1, -0.05) is 76.4 Å². The molecule has 0 bridgehead atoms. The highest BCUT2D eigenvalue weighted by atomic mass is 16.6. The van der Waals surface area contributed by atoms with E-state index in [0.717, 1.165) is 44.1 Å². The predicted octanol–water partition coefficient (Wildman–Crippen LogP) is 6.37. The van der Waals surface area contributed by atoms with Crippen LogP contribution in [0.3, 0.4) is 0 Å². The second-order valence-electron chi connectivity index (χ2n) is 11.3. The lowest BCUT2D eigenvalue weighted by atomic mass is 10.1. The molecule has 244 valence electrons. The number of carbonyl (C=O) groups excluding carboxylic acids is 3. The van der Waals surface area contributed by atoms with E-state index < -0.39 is 6.09 Å². The molecule has 3 amide bonds. The minimum Gasteiger partial charge on any atom is -0.449 e. The molecule has 0 atom stereocenters. The Bertz CT molecular complexity index is 1120. The first-order valence-electron chi connectivity index (χ1n) is 16.4. The highest BCUT2D eigenvalue weighted by Crippen LogP contribution is 2.17. The van der Waals surface area contributed by atoms with Crippen LogP contribution < -0.4 is 0 Å². The number of nitrogens with zero attached hydrogens (tertiary/aromatic N) is 4. The molecule has 0 unspecified atom stereocenters. The van der Waals surface area contributed by atoms with Gasteiger partial charge in [-0.3, -0.25) is 4.90 Å². The third-order valence-electron chi connectivity index (χ3n) is 7.82. The van der Waals surface area contributed by atoms with E-state index in [0.29, 0.717) is 65.6 Å². The van der Waals surface area contributed by atoms with E-state index in [1.54, 1.807) is 14.7 Å². The monoisotopic (exact) mass is 612 g/mol. The number of carbonyl (C=O) groups is 3. The minimum absolute atomic E-state index is 0.275. The van der Waals surface area contributed by atoms with Crippen LogP contribution in [0.1, 0.15) is 64.9 Å². The maximum Gasteiger partial charge on any atom is 0.409 e. The number of unbranched alkanes of at least 4 members (excludes halogenated alkanes) is 3. The maximum absolute atomic E-state index is 13.1. The molecule has 1 heterocycles. The fourth-order valence-corrected chi connectivity index (χ4v) is 4.94. The van der Waals surface area contributed by atoms with Crippen LogP contribution in [0, 0.1) is 0 Å². The van der Waals surface area contributed by atoms with E-state index in [-0.39, 0.29) is 25.3 Å². The van der Waals surface area contributed by atoms with Crippen LogP contribution in [0.4, 0.5) is 14.4 Å². The van der Waals surface area contributed by atoms with Crippen molar-refractivity contribution in [2.75, 3.05) is 72.2 Å². The summed E-state index contributed by atoms with van der Waals surface area (Å²) in [6.45, 7) is 11.1. The van der Waals surface area contributed by atoms with Gasteiger partial charge in [0.2, 0.25) is 0 Å². The molecule has 1 fully saturated rings. The fourth-order valence-electron chi connectivity index (χ4n) is 4.94. The van der Waals surface area contributed by atoms with Gasteiger partial charge in [-0.05, 0) is 41.7 Å². The van der Waals surface area contributed by atoms with Gasteiger partial charge in [0.25, 0.3) is 0 Å². The Balaban J connectivity index is 1.81. The summed E-state index contributed by atoms with van der Waals surface area (Å²) in [5.41, 5.74) is 1.16. The Morgan fingerprint density at radius 2 is 0.977 bits per heavy atom. The van der Waals surface area contributed by atoms with Gasteiger partial charge < -0.3 is 28.9 Å². The summed E-state index contributed by atoms with van der Waals surface area (Å²) in [5, 5.41) is 2.36. The summed E-state index contributed by atoms with van der Waals surface area (Å²) in [4.78, 5) is 46.5. The lowest BCUT2D eigenvalue weighted by molar-refractivity contribution is 0.0651. The Labute approximate surface area is 263 Å². The van der Waals surface area contributed by atoms with Crippen LogP contribution in [0.25, 0.3) is 10.8 Å². The highest BCUT2D eigenvalue weighted by molar-refractivity contribution is 5.83. The normalized spacial score (nSPS) is 15.4. The molecule has 0 radical (unpaired) electrons. The van der Waals surface area contributed by atoms with Crippen molar-refractivity contribution in [3.05, 3.63) is 48.0 Å². The minimum atomic E-state index is -0.438. The standard InChI is InChI=1S/C34H52N4O6/c1-4-7-24-42-32(39)36-18-16-35(28-29-14-15-30-12-10-11-13-31(30)27-29)17-19-37(33(40)43-25-8-5-2)21-23-38(22-20-36)34(41)44-26-9-6-3/h10-15,27H,4-9,16-26,28H2,1-3H3. The van der Waals surface area contributed by atoms with Gasteiger partial charge in [-0.25, -0.2) is 14.4 Å². The maximum atomic E-state index is 13.1. The molecule has 1 aliphatic rings. The van der Waals surface area contributed by atoms with Gasteiger partial charge in [0.1, 0.15) is 0 Å². The first-order valence-corrected chi connectivity index (χ1v) is 16.4. The van der Waals surface area contributed by atoms with Crippen LogP contribution in [0.15, 0.2) is 42.5 Å². The van der Waals surface area contributed by atoms with Gasteiger partial charge >= 0.3 is 18.3 Å². The summed E-state index contributed by atoms with van der Waals surface area (Å²) < 4.78 is 16.7. The van der Waals surface area contributed by atoms with Gasteiger partial charge in [-0.2, -0.15) is 0 Å². The SMILES string of the molecule is CCCCOC(=O)N1CCN(Cc2ccc3ccccc3c2)CCN(C(=O)OCCCC)CCN(C(=O)OCCCC)CC1. The van der Waals surface area contributed by atoms with Gasteiger partial charge in [0.05, 0.1) is 19.8 Å². The molecule has 3 rings (SSSR count). The molecule has 10 nitrogen and oxygen atoms in total. The molecule has 0 N–H and O–H groups in total. The number of hydrogen-bond donors (Lipinski definition) is 0. The number of hydrogen-bond acceptors (Lipinski definition) is 7. The van der Waals surface area contributed by atoms with Crippen molar-refractivity contribution in [1.29, 1.82) is 0 Å². The Morgan fingerprint density at radius 1 is 0.568 bits per heavy atom. The van der Waals surface area contributed by atoms with Gasteiger partial charge in [0.15, 0.2) is 0 Å². The Kier molecular flexibility index (Phi) is 15.6. The zero-order chi connectivity index (χ0) is 31.6. The van der Waals surface area contributed by atoms with E-state index >= 15 is 0 Å². The Morgan fingerprint density at radius 3 is 1.41 bits per heavy atom. The highest BCUT2D eigenvalue weighted by Gasteiger charge is 2.25. The van der Waals surface area contributed by atoms with Gasteiger partial charge in [-0.15, -0.1) is 0 Å². The summed E-state index contributed by atoms with van der Waals surface area (Å²) in [5.74, 6) is 0. The lowest BCUT2D eigenvalue weighted by Crippen LogP contribution is -2.49. The third kappa shape index (κ3) is 11.9. The molecular formula is C34H52N4O6. The average molecular weight is 613 g/mol. The number of ether oxygens (including phenoxy) is 3. The molecule has 10 heteroatoms. The summed E-state index contributed by atoms with van der Waals surface area (Å²) >= 11 is 0. The van der Waals surface area contributed by atoms with Crippen LogP contribution in [-0.2, 0) is 20.8 Å². The van der Waals surface area contributed by atoms with Crippen LogP contribution in [0.5, 0.6) is 0 Å². The molecule has 2 aromatic carbocycles. The molecule has 0 spiro atoms. The Hall–Kier alpha value is -3.53. The topological polar surface area (TPSA) is 91.9 Å². The summed E-state index contributed by atoms with van der Waals surface area (Å²) in [7, 11) is 0. The molecule has 0 saturated carbocycles. The van der Waals surface area contributed by atoms with Crippen LogP contribution >= 0.6 is 0 Å². The molecule has 44 heavy (non-hydrogen) atoms. The largest absolute Gasteiger partial charge is 0.449 e. The zero-order valence-corrected chi connectivity index (χ0v) is 27.0. The van der Waals surface area contributed by atoms with E-state index in [1.165, 1.54) is 10.8 Å². The summed E-state index contributed by atoms with van der Waals surface area (Å²) in [6, 6.07) is 14.7. The first-order chi connectivity index (χ1) is 21.4. The molecule has 0 aromatic heterocycles. The lowest BCUT2D eigenvalue weighted by Gasteiger charge is -2.33. The van der Waals surface area contributed by atoms with Crippen LogP contribution in [-0.4, -0.2) is 110 Å². The summed E-state index contributed by atoms with van der Waals surface area (Å²) in [6.07, 6.45) is 3.97. The van der Waals surface area contributed by atoms with Crippen molar-refractivity contribution in [1.82, 2.24) is 19.6 Å². The van der Waals surface area contributed by atoms with Crippen molar-refractivity contribution >= 4 is 29.1 Å². The van der Waals surface area contributed by atoms with E-state index in [1.807, 2.05) is 19.1 Å². The second kappa shape index (κ2) is 19.7. The van der Waals surface area contributed by atoms with E-state index in [4.69, 9.17) is 14.2 Å². The number of benzene rings is 2. The average Bonchev–Trinajstić information content (AvgIpc) is 3.02. The van der Waals surface area contributed by atoms with Crippen molar-refractivity contribution in [2.24, 2.45) is 0 Å².